The van der Waals surface area contributed by atoms with Gasteiger partial charge in [-0.1, -0.05) is 26.7 Å². The zero-order valence-electron chi connectivity index (χ0n) is 26.8. The van der Waals surface area contributed by atoms with Gasteiger partial charge in [0.2, 0.25) is 0 Å². The fourth-order valence-corrected chi connectivity index (χ4v) is 6.72. The normalized spacial score (nSPS) is 13.3. The van der Waals surface area contributed by atoms with Crippen LogP contribution >= 0.6 is 22.7 Å². The number of carboxylic acid groups (broad SMARTS) is 1. The van der Waals surface area contributed by atoms with Crippen molar-refractivity contribution in [2.75, 3.05) is 26.3 Å². The number of rotatable bonds is 14. The summed E-state index contributed by atoms with van der Waals surface area (Å²) in [6.07, 6.45) is 8.51. The Morgan fingerprint density at radius 2 is 1.44 bits per heavy atom. The summed E-state index contributed by atoms with van der Waals surface area (Å²) in [5.41, 5.74) is 1.60. The topological polar surface area (TPSA) is 128 Å². The number of furan rings is 2. The van der Waals surface area contributed by atoms with E-state index in [1.54, 1.807) is 17.5 Å². The number of nitrogens with zero attached hydrogens (tertiary/aromatic N) is 3. The highest BCUT2D eigenvalue weighted by Gasteiger charge is 2.32. The van der Waals surface area contributed by atoms with E-state index in [0.717, 1.165) is 101 Å². The smallest absolute Gasteiger partial charge is 0.309 e. The molecule has 1 saturated heterocycles. The minimum Gasteiger partial charge on any atom is -0.494 e. The lowest BCUT2D eigenvalue weighted by Crippen LogP contribution is -2.49. The number of aliphatic carboxylic acids is 1. The SMILES string of the molecule is CCCCOc1ccc2oc(-c3ncc(C=O)s3)cc2c1.CCCCOc1ccc2oc(-c3ncc(CN4CC(C(=O)O)C4)s3)cc2c1. The number of unbranched alkanes of at least 4 members (excludes halogenated alkanes) is 2. The average molecular weight is 688 g/mol. The molecular weight excluding hydrogens is 651 g/mol. The molecule has 7 rings (SSSR count). The number of thiazole rings is 2. The molecular formula is C36H37N3O7S2. The van der Waals surface area contributed by atoms with Crippen molar-refractivity contribution in [3.05, 3.63) is 70.7 Å². The monoisotopic (exact) mass is 687 g/mol. The van der Waals surface area contributed by atoms with Crippen molar-refractivity contribution in [2.24, 2.45) is 5.92 Å². The Morgan fingerprint density at radius 3 is 1.96 bits per heavy atom. The van der Waals surface area contributed by atoms with Crippen LogP contribution in [0.15, 0.2) is 69.8 Å². The fourth-order valence-electron chi connectivity index (χ4n) is 5.13. The Labute approximate surface area is 285 Å². The molecule has 1 N–H and O–H groups in total. The molecule has 6 aromatic rings. The molecule has 48 heavy (non-hydrogen) atoms. The molecule has 1 fully saturated rings. The molecule has 0 unspecified atom stereocenters. The summed E-state index contributed by atoms with van der Waals surface area (Å²) in [7, 11) is 0. The van der Waals surface area contributed by atoms with E-state index < -0.39 is 5.97 Å². The van der Waals surface area contributed by atoms with Crippen molar-refractivity contribution in [3.63, 3.8) is 0 Å². The standard InChI is InChI=1S/C20H22N2O4S.C16H15NO3S/c1-2-3-6-25-15-4-5-17-13(7-15)8-18(26-17)19-21-9-16(27-19)12-22-10-14(11-22)20(23)24;1-2-3-6-19-12-4-5-14-11(7-12)8-15(20-14)16-17-9-13(10-18)21-16/h4-5,7-9,14H,2-3,6,10-12H2,1H3,(H,23,24);4-5,7-10H,2-3,6H2,1H3. The van der Waals surface area contributed by atoms with E-state index in [-0.39, 0.29) is 5.92 Å². The molecule has 0 atom stereocenters. The van der Waals surface area contributed by atoms with Crippen LogP contribution in [0.5, 0.6) is 11.5 Å². The predicted molar refractivity (Wildman–Crippen MR) is 187 cm³/mol. The highest BCUT2D eigenvalue weighted by molar-refractivity contribution is 7.16. The first-order valence-corrected chi connectivity index (χ1v) is 17.7. The molecule has 12 heteroatoms. The Balaban J connectivity index is 0.000000173. The Kier molecular flexibility index (Phi) is 10.8. The van der Waals surface area contributed by atoms with Crippen LogP contribution in [-0.4, -0.2) is 58.5 Å². The number of likely N-dealkylation sites (tertiary alicyclic amines) is 1. The number of hydrogen-bond acceptors (Lipinski definition) is 11. The van der Waals surface area contributed by atoms with E-state index in [1.807, 2.05) is 54.7 Å². The maximum absolute atomic E-state index is 10.9. The summed E-state index contributed by atoms with van der Waals surface area (Å²) >= 11 is 2.90. The second-order valence-corrected chi connectivity index (χ2v) is 13.7. The number of carboxylic acids is 1. The lowest BCUT2D eigenvalue weighted by Gasteiger charge is -2.36. The van der Waals surface area contributed by atoms with Crippen molar-refractivity contribution >= 4 is 56.9 Å². The summed E-state index contributed by atoms with van der Waals surface area (Å²) in [4.78, 5) is 34.1. The molecule has 0 aliphatic carbocycles. The number of benzene rings is 2. The van der Waals surface area contributed by atoms with Gasteiger partial charge in [-0.25, -0.2) is 9.97 Å². The first-order chi connectivity index (χ1) is 23.4. The second kappa shape index (κ2) is 15.6. The predicted octanol–water partition coefficient (Wildman–Crippen LogP) is 8.80. The van der Waals surface area contributed by atoms with E-state index in [0.29, 0.717) is 28.7 Å². The highest BCUT2D eigenvalue weighted by atomic mass is 32.1. The van der Waals surface area contributed by atoms with Gasteiger partial charge in [0, 0.05) is 47.7 Å². The number of fused-ring (bicyclic) bond motifs is 2. The number of ether oxygens (including phenoxy) is 2. The zero-order chi connectivity index (χ0) is 33.5. The van der Waals surface area contributed by atoms with Crippen molar-refractivity contribution in [1.82, 2.24) is 14.9 Å². The lowest BCUT2D eigenvalue weighted by molar-refractivity contribution is -0.147. The van der Waals surface area contributed by atoms with Crippen LogP contribution in [0.25, 0.3) is 43.5 Å². The molecule has 2 aromatic carbocycles. The summed E-state index contributed by atoms with van der Waals surface area (Å²) in [5.74, 6) is 2.18. The number of hydrogen-bond donors (Lipinski definition) is 1. The molecule has 5 heterocycles. The largest absolute Gasteiger partial charge is 0.494 e. The molecule has 250 valence electrons. The van der Waals surface area contributed by atoms with Gasteiger partial charge in [-0.15, -0.1) is 22.7 Å². The molecule has 1 aliphatic rings. The second-order valence-electron chi connectivity index (χ2n) is 11.6. The number of aldehydes is 1. The van der Waals surface area contributed by atoms with Gasteiger partial charge in [0.25, 0.3) is 0 Å². The zero-order valence-corrected chi connectivity index (χ0v) is 28.5. The van der Waals surface area contributed by atoms with Gasteiger partial charge >= 0.3 is 5.97 Å². The van der Waals surface area contributed by atoms with Gasteiger partial charge in [-0.2, -0.15) is 0 Å². The average Bonchev–Trinajstić information content (AvgIpc) is 3.88. The lowest BCUT2D eigenvalue weighted by atomic mass is 10.0. The Bertz CT molecular complexity index is 1990. The van der Waals surface area contributed by atoms with Crippen molar-refractivity contribution in [1.29, 1.82) is 0 Å². The maximum atomic E-state index is 10.9. The van der Waals surface area contributed by atoms with Gasteiger partial charge in [-0.3, -0.25) is 14.5 Å². The summed E-state index contributed by atoms with van der Waals surface area (Å²) in [6, 6.07) is 15.6. The van der Waals surface area contributed by atoms with Crippen LogP contribution in [0, 0.1) is 5.92 Å². The molecule has 0 bridgehead atoms. The van der Waals surface area contributed by atoms with Gasteiger partial charge in [0.05, 0.1) is 24.0 Å². The van der Waals surface area contributed by atoms with Crippen molar-refractivity contribution in [2.45, 2.75) is 46.1 Å². The van der Waals surface area contributed by atoms with Gasteiger partial charge < -0.3 is 23.4 Å². The minimum absolute atomic E-state index is 0.235. The third-order valence-corrected chi connectivity index (χ3v) is 9.74. The van der Waals surface area contributed by atoms with Crippen LogP contribution < -0.4 is 9.47 Å². The molecule has 0 amide bonds. The van der Waals surface area contributed by atoms with Crippen LogP contribution in [0.2, 0.25) is 0 Å². The third-order valence-electron chi connectivity index (χ3n) is 7.81. The molecule has 10 nitrogen and oxygen atoms in total. The first kappa shape index (κ1) is 33.4. The third kappa shape index (κ3) is 8.12. The van der Waals surface area contributed by atoms with Crippen LogP contribution in [0.3, 0.4) is 0 Å². The molecule has 4 aromatic heterocycles. The van der Waals surface area contributed by atoms with E-state index in [4.69, 9.17) is 23.4 Å². The molecule has 0 radical (unpaired) electrons. The quantitative estimate of drug-likeness (QED) is 0.0876. The van der Waals surface area contributed by atoms with E-state index in [9.17, 15) is 9.59 Å². The van der Waals surface area contributed by atoms with Gasteiger partial charge in [-0.05, 0) is 61.4 Å². The number of carbonyl (C=O) groups excluding carboxylic acids is 1. The Hall–Kier alpha value is -4.52. The summed E-state index contributed by atoms with van der Waals surface area (Å²) in [6.45, 7) is 7.67. The highest BCUT2D eigenvalue weighted by Crippen LogP contribution is 2.34. The Morgan fingerprint density at radius 1 is 0.875 bits per heavy atom. The van der Waals surface area contributed by atoms with Gasteiger partial charge in [0.1, 0.15) is 22.7 Å². The first-order valence-electron chi connectivity index (χ1n) is 16.1. The van der Waals surface area contributed by atoms with Crippen molar-refractivity contribution in [3.8, 4) is 33.0 Å². The molecule has 0 saturated carbocycles. The van der Waals surface area contributed by atoms with E-state index in [1.165, 1.54) is 11.3 Å². The van der Waals surface area contributed by atoms with Crippen LogP contribution in [0.1, 0.15) is 54.1 Å². The number of carbonyl (C=O) groups is 2. The molecule has 0 spiro atoms. The van der Waals surface area contributed by atoms with Crippen LogP contribution in [-0.2, 0) is 11.3 Å². The maximum Gasteiger partial charge on any atom is 0.309 e. The van der Waals surface area contributed by atoms with Gasteiger partial charge in [0.15, 0.2) is 27.8 Å². The van der Waals surface area contributed by atoms with E-state index in [2.05, 4.69) is 28.7 Å². The minimum atomic E-state index is -0.712. The van der Waals surface area contributed by atoms with Crippen molar-refractivity contribution < 1.29 is 33.0 Å². The summed E-state index contributed by atoms with van der Waals surface area (Å²) in [5, 5.41) is 12.5. The summed E-state index contributed by atoms with van der Waals surface area (Å²) < 4.78 is 23.2. The fraction of sp³-hybridized carbons (Fsp3) is 0.333. The molecule has 1 aliphatic heterocycles. The van der Waals surface area contributed by atoms with E-state index >= 15 is 0 Å². The number of aromatic nitrogens is 2. The van der Waals surface area contributed by atoms with Crippen LogP contribution in [0.4, 0.5) is 0 Å².